The summed E-state index contributed by atoms with van der Waals surface area (Å²) in [4.78, 5) is 0. The van der Waals surface area contributed by atoms with Gasteiger partial charge in [-0.3, -0.25) is 0 Å². The summed E-state index contributed by atoms with van der Waals surface area (Å²) in [6, 6.07) is 7.57. The van der Waals surface area contributed by atoms with Crippen molar-refractivity contribution in [1.29, 1.82) is 0 Å². The van der Waals surface area contributed by atoms with Crippen molar-refractivity contribution in [3.05, 3.63) is 24.3 Å². The molecule has 0 atom stereocenters. The summed E-state index contributed by atoms with van der Waals surface area (Å²) in [7, 11) is 0. The first kappa shape index (κ1) is 8.38. The molecule has 0 N–H and O–H groups in total. The van der Waals surface area contributed by atoms with Crippen molar-refractivity contribution in [1.82, 2.24) is 0 Å². The fourth-order valence-electron chi connectivity index (χ4n) is 1.01. The predicted octanol–water partition coefficient (Wildman–Crippen LogP) is 2.90. The van der Waals surface area contributed by atoms with Gasteiger partial charge in [0.2, 0.25) is 0 Å². The third-order valence-corrected chi connectivity index (χ3v) is 2.29. The van der Waals surface area contributed by atoms with Gasteiger partial charge >= 0.3 is 0 Å². The molecule has 0 aliphatic carbocycles. The molecule has 2 rings (SSSR count). The number of benzene rings is 1. The summed E-state index contributed by atoms with van der Waals surface area (Å²) in [6.07, 6.45) is 0. The molecule has 64 valence electrons. The van der Waals surface area contributed by atoms with Crippen LogP contribution in [0.5, 0.6) is 11.5 Å². The Bertz CT molecular complexity index is 299. The summed E-state index contributed by atoms with van der Waals surface area (Å²) in [6.45, 7) is 0.448. The van der Waals surface area contributed by atoms with E-state index in [1.165, 1.54) is 0 Å². The zero-order chi connectivity index (χ0) is 8.60. The van der Waals surface area contributed by atoms with Gasteiger partial charge in [-0.2, -0.15) is 0 Å². The fraction of sp³-hybridized carbons (Fsp3) is 0.250. The van der Waals surface area contributed by atoms with Crippen molar-refractivity contribution in [2.75, 3.05) is 6.61 Å². The number of hydrogen-bond donors (Lipinski definition) is 0. The van der Waals surface area contributed by atoms with Crippen LogP contribution in [-0.4, -0.2) is 10.0 Å². The van der Waals surface area contributed by atoms with Crippen molar-refractivity contribution in [2.45, 2.75) is 3.42 Å². The monoisotopic (exact) mass is 292 g/mol. The SMILES string of the molecule is BrC1(Br)COc2ccccc2O1. The van der Waals surface area contributed by atoms with Crippen LogP contribution < -0.4 is 9.47 Å². The molecule has 1 aromatic rings. The second kappa shape index (κ2) is 2.92. The second-order valence-corrected chi connectivity index (χ2v) is 6.10. The topological polar surface area (TPSA) is 18.5 Å². The van der Waals surface area contributed by atoms with E-state index < -0.39 is 3.42 Å². The molecule has 1 aliphatic rings. The Morgan fingerprint density at radius 1 is 1.17 bits per heavy atom. The normalized spacial score (nSPS) is 18.8. The first-order chi connectivity index (χ1) is 5.67. The standard InChI is InChI=1S/C8H6Br2O2/c9-8(10)5-11-6-3-1-2-4-7(6)12-8/h1-4H,5H2. The number of fused-ring (bicyclic) bond motifs is 1. The molecule has 0 aromatic heterocycles. The Hall–Kier alpha value is -0.220. The molecule has 0 fully saturated rings. The molecule has 4 heteroatoms. The molecule has 1 heterocycles. The molecule has 1 aromatic carbocycles. The van der Waals surface area contributed by atoms with Crippen LogP contribution in [0, 0.1) is 0 Å². The number of alkyl halides is 2. The number of rotatable bonds is 0. The molecule has 0 unspecified atom stereocenters. The summed E-state index contributed by atoms with van der Waals surface area (Å²) >= 11 is 6.66. The molecule has 1 aliphatic heterocycles. The molecular formula is C8H6Br2O2. The van der Waals surface area contributed by atoms with E-state index in [4.69, 9.17) is 9.47 Å². The van der Waals surface area contributed by atoms with Gasteiger partial charge in [0.25, 0.3) is 3.42 Å². The highest BCUT2D eigenvalue weighted by molar-refractivity contribution is 9.25. The second-order valence-electron chi connectivity index (χ2n) is 2.47. The lowest BCUT2D eigenvalue weighted by molar-refractivity contribution is 0.136. The minimum absolute atomic E-state index is 0.448. The van der Waals surface area contributed by atoms with Gasteiger partial charge in [-0.1, -0.05) is 12.1 Å². The Morgan fingerprint density at radius 3 is 2.58 bits per heavy atom. The number of halogens is 2. The minimum atomic E-state index is -0.575. The van der Waals surface area contributed by atoms with E-state index >= 15 is 0 Å². The van der Waals surface area contributed by atoms with Crippen LogP contribution in [0.4, 0.5) is 0 Å². The Balaban J connectivity index is 2.35. The van der Waals surface area contributed by atoms with E-state index in [1.807, 2.05) is 24.3 Å². The lowest BCUT2D eigenvalue weighted by atomic mass is 10.3. The summed E-state index contributed by atoms with van der Waals surface area (Å²) < 4.78 is 10.4. The van der Waals surface area contributed by atoms with E-state index in [1.54, 1.807) is 0 Å². The highest BCUT2D eigenvalue weighted by atomic mass is 79.9. The lowest BCUT2D eigenvalue weighted by Crippen LogP contribution is -2.32. The van der Waals surface area contributed by atoms with Gasteiger partial charge in [0.1, 0.15) is 6.61 Å². The highest BCUT2D eigenvalue weighted by Crippen LogP contribution is 2.40. The van der Waals surface area contributed by atoms with Crippen molar-refractivity contribution >= 4 is 31.9 Å². The van der Waals surface area contributed by atoms with E-state index in [-0.39, 0.29) is 0 Å². The van der Waals surface area contributed by atoms with Crippen molar-refractivity contribution in [2.24, 2.45) is 0 Å². The average Bonchev–Trinajstić information content (AvgIpc) is 2.02. The van der Waals surface area contributed by atoms with E-state index in [0.29, 0.717) is 6.61 Å². The van der Waals surface area contributed by atoms with E-state index in [2.05, 4.69) is 31.9 Å². The van der Waals surface area contributed by atoms with Crippen molar-refractivity contribution < 1.29 is 9.47 Å². The van der Waals surface area contributed by atoms with Gasteiger partial charge in [0.15, 0.2) is 11.5 Å². The summed E-state index contributed by atoms with van der Waals surface area (Å²) in [5, 5.41) is 0. The number of hydrogen-bond acceptors (Lipinski definition) is 2. The van der Waals surface area contributed by atoms with Crippen LogP contribution in [-0.2, 0) is 0 Å². The van der Waals surface area contributed by atoms with E-state index in [9.17, 15) is 0 Å². The Kier molecular flexibility index (Phi) is 2.04. The lowest BCUT2D eigenvalue weighted by Gasteiger charge is -2.28. The summed E-state index contributed by atoms with van der Waals surface area (Å²) in [5.74, 6) is 1.53. The number of para-hydroxylation sites is 2. The maximum atomic E-state index is 5.53. The van der Waals surface area contributed by atoms with Crippen LogP contribution in [0.2, 0.25) is 0 Å². The van der Waals surface area contributed by atoms with Crippen LogP contribution in [0.1, 0.15) is 0 Å². The first-order valence-electron chi connectivity index (χ1n) is 3.46. The zero-order valence-electron chi connectivity index (χ0n) is 6.09. The molecule has 0 spiro atoms. The van der Waals surface area contributed by atoms with Gasteiger partial charge in [0, 0.05) is 0 Å². The highest BCUT2D eigenvalue weighted by Gasteiger charge is 2.31. The van der Waals surface area contributed by atoms with Crippen LogP contribution in [0.3, 0.4) is 0 Å². The van der Waals surface area contributed by atoms with Gasteiger partial charge < -0.3 is 9.47 Å². The molecule has 0 saturated heterocycles. The van der Waals surface area contributed by atoms with Crippen molar-refractivity contribution in [3.63, 3.8) is 0 Å². The average molecular weight is 294 g/mol. The van der Waals surface area contributed by atoms with Crippen LogP contribution in [0.15, 0.2) is 24.3 Å². The first-order valence-corrected chi connectivity index (χ1v) is 5.05. The Morgan fingerprint density at radius 2 is 1.83 bits per heavy atom. The van der Waals surface area contributed by atoms with E-state index in [0.717, 1.165) is 11.5 Å². The minimum Gasteiger partial charge on any atom is -0.484 e. The smallest absolute Gasteiger partial charge is 0.251 e. The van der Waals surface area contributed by atoms with Gasteiger partial charge in [0.05, 0.1) is 0 Å². The molecule has 12 heavy (non-hydrogen) atoms. The Labute approximate surface area is 87.1 Å². The van der Waals surface area contributed by atoms with Crippen LogP contribution in [0.25, 0.3) is 0 Å². The largest absolute Gasteiger partial charge is 0.484 e. The van der Waals surface area contributed by atoms with Gasteiger partial charge in [-0.25, -0.2) is 0 Å². The zero-order valence-corrected chi connectivity index (χ0v) is 9.26. The maximum absolute atomic E-state index is 5.53. The third-order valence-electron chi connectivity index (χ3n) is 1.50. The van der Waals surface area contributed by atoms with Crippen molar-refractivity contribution in [3.8, 4) is 11.5 Å². The molecule has 0 bridgehead atoms. The molecule has 0 amide bonds. The van der Waals surface area contributed by atoms with Gasteiger partial charge in [-0.15, -0.1) is 0 Å². The predicted molar refractivity (Wildman–Crippen MR) is 53.2 cm³/mol. The maximum Gasteiger partial charge on any atom is 0.251 e. The quantitative estimate of drug-likeness (QED) is 0.685. The molecule has 2 nitrogen and oxygen atoms in total. The van der Waals surface area contributed by atoms with Gasteiger partial charge in [-0.05, 0) is 44.0 Å². The van der Waals surface area contributed by atoms with Crippen LogP contribution >= 0.6 is 31.9 Å². The summed E-state index contributed by atoms with van der Waals surface area (Å²) in [5.41, 5.74) is 0. The number of ether oxygens (including phenoxy) is 2. The fourth-order valence-corrected chi connectivity index (χ4v) is 1.58. The third kappa shape index (κ3) is 1.59. The molecule has 0 saturated carbocycles. The molecular weight excluding hydrogens is 288 g/mol. The molecule has 0 radical (unpaired) electrons.